The number of pyridine rings is 1. The fourth-order valence-electron chi connectivity index (χ4n) is 2.63. The van der Waals surface area contributed by atoms with E-state index in [0.717, 1.165) is 6.26 Å². The van der Waals surface area contributed by atoms with Gasteiger partial charge in [0.1, 0.15) is 11.9 Å². The predicted molar refractivity (Wildman–Crippen MR) is 116 cm³/mol. The maximum Gasteiger partial charge on any atom is 0.257 e. The Hall–Kier alpha value is -3.57. The molecule has 1 atom stereocenters. The highest BCUT2D eigenvalue weighted by molar-refractivity contribution is 7.90. The van der Waals surface area contributed by atoms with E-state index < -0.39 is 15.7 Å². The number of ether oxygens (including phenoxy) is 3. The van der Waals surface area contributed by atoms with E-state index in [1.807, 2.05) is 0 Å². The molecule has 10 nitrogen and oxygen atoms in total. The molecule has 0 fully saturated rings. The average Bonchev–Trinajstić information content (AvgIpc) is 2.74. The van der Waals surface area contributed by atoms with Gasteiger partial charge in [-0.15, -0.1) is 0 Å². The van der Waals surface area contributed by atoms with Crippen LogP contribution in [0.15, 0.2) is 59.9 Å². The Morgan fingerprint density at radius 2 is 1.84 bits per heavy atom. The standard InChI is InChI=1S/C21H22N4O6S/c1-14(13-29-2)30-19-10-15(21(26)24-18-12-22-8-9-23-18)11-20(25-19)31-16-4-6-17(7-5-16)32(3,27)28/h4-12,14H,13H2,1-3H3,(H,23,24,26). The number of methoxy groups -OCH3 is 1. The van der Waals surface area contributed by atoms with Gasteiger partial charge in [0, 0.05) is 37.9 Å². The molecule has 168 valence electrons. The molecule has 1 unspecified atom stereocenters. The van der Waals surface area contributed by atoms with Crippen LogP contribution in [0, 0.1) is 0 Å². The van der Waals surface area contributed by atoms with Crippen molar-refractivity contribution in [2.75, 3.05) is 25.3 Å². The first-order chi connectivity index (χ1) is 15.2. The molecule has 1 aromatic carbocycles. The topological polar surface area (TPSA) is 130 Å². The van der Waals surface area contributed by atoms with Crippen molar-refractivity contribution in [3.8, 4) is 17.5 Å². The van der Waals surface area contributed by atoms with Gasteiger partial charge in [0.2, 0.25) is 11.8 Å². The lowest BCUT2D eigenvalue weighted by Gasteiger charge is -2.15. The number of hydrogen-bond donors (Lipinski definition) is 1. The number of amides is 1. The number of hydrogen-bond acceptors (Lipinski definition) is 9. The second-order valence-corrected chi connectivity index (χ2v) is 8.82. The van der Waals surface area contributed by atoms with Crippen molar-refractivity contribution in [2.45, 2.75) is 17.9 Å². The third-order valence-electron chi connectivity index (χ3n) is 4.04. The van der Waals surface area contributed by atoms with Crippen LogP contribution < -0.4 is 14.8 Å². The molecule has 2 aromatic heterocycles. The number of nitrogens with one attached hydrogen (secondary N) is 1. The van der Waals surface area contributed by atoms with Gasteiger partial charge in [-0.1, -0.05) is 0 Å². The van der Waals surface area contributed by atoms with E-state index in [-0.39, 0.29) is 34.1 Å². The number of anilines is 1. The highest BCUT2D eigenvalue weighted by atomic mass is 32.2. The summed E-state index contributed by atoms with van der Waals surface area (Å²) in [5.74, 6) is 0.401. The zero-order valence-corrected chi connectivity index (χ0v) is 18.5. The summed E-state index contributed by atoms with van der Waals surface area (Å²) in [6.07, 6.45) is 5.16. The molecule has 1 N–H and O–H groups in total. The normalized spacial score (nSPS) is 12.1. The van der Waals surface area contributed by atoms with Gasteiger partial charge in [-0.2, -0.15) is 4.98 Å². The smallest absolute Gasteiger partial charge is 0.257 e. The average molecular weight is 458 g/mol. The Bertz CT molecular complexity index is 1170. The zero-order valence-electron chi connectivity index (χ0n) is 17.7. The second kappa shape index (κ2) is 10.2. The van der Waals surface area contributed by atoms with Gasteiger partial charge >= 0.3 is 0 Å². The molecule has 11 heteroatoms. The molecule has 0 aliphatic heterocycles. The SMILES string of the molecule is COCC(C)Oc1cc(C(=O)Nc2cnccn2)cc(Oc2ccc(S(C)(=O)=O)cc2)n1. The van der Waals surface area contributed by atoms with Gasteiger partial charge < -0.3 is 19.5 Å². The summed E-state index contributed by atoms with van der Waals surface area (Å²) in [6.45, 7) is 2.11. The second-order valence-electron chi connectivity index (χ2n) is 6.81. The van der Waals surface area contributed by atoms with E-state index >= 15 is 0 Å². The van der Waals surface area contributed by atoms with Crippen LogP contribution in [0.4, 0.5) is 5.82 Å². The largest absolute Gasteiger partial charge is 0.472 e. The van der Waals surface area contributed by atoms with Crippen molar-refractivity contribution in [3.05, 3.63) is 60.6 Å². The lowest BCUT2D eigenvalue weighted by molar-refractivity contribution is 0.0882. The van der Waals surface area contributed by atoms with Gasteiger partial charge in [0.25, 0.3) is 5.91 Å². The summed E-state index contributed by atoms with van der Waals surface area (Å²) < 4.78 is 39.8. The summed E-state index contributed by atoms with van der Waals surface area (Å²) in [5, 5.41) is 2.64. The quantitative estimate of drug-likeness (QED) is 0.514. The van der Waals surface area contributed by atoms with Crippen molar-refractivity contribution in [1.29, 1.82) is 0 Å². The molecule has 1 amide bonds. The number of carbonyl (C=O) groups excluding carboxylic acids is 1. The van der Waals surface area contributed by atoms with E-state index in [2.05, 4.69) is 20.3 Å². The van der Waals surface area contributed by atoms with Crippen molar-refractivity contribution in [2.24, 2.45) is 0 Å². The molecule has 0 aliphatic carbocycles. The van der Waals surface area contributed by atoms with Gasteiger partial charge in [-0.05, 0) is 31.2 Å². The molecule has 0 spiro atoms. The summed E-state index contributed by atoms with van der Waals surface area (Å²) in [4.78, 5) is 25.1. The first kappa shape index (κ1) is 23.1. The number of rotatable bonds is 9. The highest BCUT2D eigenvalue weighted by Gasteiger charge is 2.15. The lowest BCUT2D eigenvalue weighted by atomic mass is 10.2. The van der Waals surface area contributed by atoms with Crippen LogP contribution in [0.3, 0.4) is 0 Å². The molecule has 3 rings (SSSR count). The van der Waals surface area contributed by atoms with E-state index in [0.29, 0.717) is 12.4 Å². The third-order valence-corrected chi connectivity index (χ3v) is 5.17. The first-order valence-electron chi connectivity index (χ1n) is 9.47. The molecular formula is C21H22N4O6S. The van der Waals surface area contributed by atoms with Crippen molar-refractivity contribution in [1.82, 2.24) is 15.0 Å². The van der Waals surface area contributed by atoms with Crippen LogP contribution in [0.25, 0.3) is 0 Å². The molecule has 32 heavy (non-hydrogen) atoms. The molecule has 0 radical (unpaired) electrons. The number of nitrogens with zero attached hydrogens (tertiary/aromatic N) is 3. The molecule has 2 heterocycles. The minimum absolute atomic E-state index is 0.0866. The fourth-order valence-corrected chi connectivity index (χ4v) is 3.26. The van der Waals surface area contributed by atoms with E-state index in [4.69, 9.17) is 14.2 Å². The number of carbonyl (C=O) groups is 1. The van der Waals surface area contributed by atoms with Crippen LogP contribution >= 0.6 is 0 Å². The Kier molecular flexibility index (Phi) is 7.33. The summed E-state index contributed by atoms with van der Waals surface area (Å²) in [7, 11) is -1.78. The van der Waals surface area contributed by atoms with Crippen molar-refractivity contribution >= 4 is 21.6 Å². The van der Waals surface area contributed by atoms with E-state index in [1.54, 1.807) is 14.0 Å². The Morgan fingerprint density at radius 3 is 2.47 bits per heavy atom. The number of benzene rings is 1. The number of sulfone groups is 1. The van der Waals surface area contributed by atoms with Crippen LogP contribution in [0.5, 0.6) is 17.5 Å². The summed E-state index contributed by atoms with van der Waals surface area (Å²) >= 11 is 0. The van der Waals surface area contributed by atoms with Crippen LogP contribution in [-0.2, 0) is 14.6 Å². The third kappa shape index (κ3) is 6.46. The molecule has 0 saturated carbocycles. The number of aromatic nitrogens is 3. The molecule has 0 aliphatic rings. The van der Waals surface area contributed by atoms with Crippen molar-refractivity contribution in [3.63, 3.8) is 0 Å². The Labute approximate surface area is 185 Å². The van der Waals surface area contributed by atoms with Crippen molar-refractivity contribution < 1.29 is 27.4 Å². The molecule has 3 aromatic rings. The van der Waals surface area contributed by atoms with Crippen LogP contribution in [0.2, 0.25) is 0 Å². The van der Waals surface area contributed by atoms with E-state index in [9.17, 15) is 13.2 Å². The van der Waals surface area contributed by atoms with Crippen LogP contribution in [0.1, 0.15) is 17.3 Å². The summed E-state index contributed by atoms with van der Waals surface area (Å²) in [6, 6.07) is 8.75. The van der Waals surface area contributed by atoms with Gasteiger partial charge in [-0.3, -0.25) is 9.78 Å². The molecular weight excluding hydrogens is 436 g/mol. The minimum atomic E-state index is -3.33. The van der Waals surface area contributed by atoms with E-state index in [1.165, 1.54) is 55.0 Å². The fraction of sp³-hybridized carbons (Fsp3) is 0.238. The Morgan fingerprint density at radius 1 is 1.12 bits per heavy atom. The maximum atomic E-state index is 12.7. The first-order valence-corrected chi connectivity index (χ1v) is 11.4. The lowest BCUT2D eigenvalue weighted by Crippen LogP contribution is -2.19. The maximum absolute atomic E-state index is 12.7. The predicted octanol–water partition coefficient (Wildman–Crippen LogP) is 2.73. The summed E-state index contributed by atoms with van der Waals surface area (Å²) in [5.41, 5.74) is 0.216. The highest BCUT2D eigenvalue weighted by Crippen LogP contribution is 2.26. The monoisotopic (exact) mass is 458 g/mol. The zero-order chi connectivity index (χ0) is 23.1. The molecule has 0 bridgehead atoms. The molecule has 0 saturated heterocycles. The van der Waals surface area contributed by atoms with Gasteiger partial charge in [-0.25, -0.2) is 13.4 Å². The van der Waals surface area contributed by atoms with Gasteiger partial charge in [0.05, 0.1) is 23.3 Å². The van der Waals surface area contributed by atoms with Crippen LogP contribution in [-0.4, -0.2) is 55.4 Å². The minimum Gasteiger partial charge on any atom is -0.472 e. The van der Waals surface area contributed by atoms with Gasteiger partial charge in [0.15, 0.2) is 15.7 Å². The Balaban J connectivity index is 1.88.